The van der Waals surface area contributed by atoms with E-state index in [1.165, 1.54) is 12.3 Å². The van der Waals surface area contributed by atoms with Crippen LogP contribution in [0.15, 0.2) is 36.5 Å². The number of carbonyl (C=O) groups excluding carboxylic acids is 1. The normalized spacial score (nSPS) is 10.1. The van der Waals surface area contributed by atoms with Gasteiger partial charge in [-0.2, -0.15) is 0 Å². The van der Waals surface area contributed by atoms with Crippen LogP contribution in [0.5, 0.6) is 0 Å². The monoisotopic (exact) mass is 271 g/mol. The van der Waals surface area contributed by atoms with E-state index >= 15 is 0 Å². The molecule has 0 bridgehead atoms. The molecule has 1 aromatic heterocycles. The molecule has 0 fully saturated rings. The summed E-state index contributed by atoms with van der Waals surface area (Å²) in [6.45, 7) is 3.47. The number of pyridine rings is 1. The molecule has 6 nitrogen and oxygen atoms in total. The Bertz CT molecular complexity index is 666. The Hall–Kier alpha value is -2.76. The molecule has 0 aliphatic heterocycles. The lowest BCUT2D eigenvalue weighted by molar-refractivity contribution is -0.385. The van der Waals surface area contributed by atoms with E-state index in [1.54, 1.807) is 31.2 Å². The first-order valence-electron chi connectivity index (χ1n) is 5.96. The number of hydrogen-bond donors (Lipinski definition) is 1. The highest BCUT2D eigenvalue weighted by molar-refractivity contribution is 6.04. The highest BCUT2D eigenvalue weighted by atomic mass is 16.6. The second-order valence-corrected chi connectivity index (χ2v) is 4.40. The van der Waals surface area contributed by atoms with Gasteiger partial charge in [-0.1, -0.05) is 6.07 Å². The third-order valence-corrected chi connectivity index (χ3v) is 2.84. The molecule has 1 N–H and O–H groups in total. The topological polar surface area (TPSA) is 85.1 Å². The Morgan fingerprint density at radius 2 is 2.00 bits per heavy atom. The molecule has 0 spiro atoms. The second kappa shape index (κ2) is 5.48. The van der Waals surface area contributed by atoms with Crippen molar-refractivity contribution < 1.29 is 9.72 Å². The van der Waals surface area contributed by atoms with Crippen LogP contribution in [0, 0.1) is 24.0 Å². The zero-order chi connectivity index (χ0) is 14.7. The van der Waals surface area contributed by atoms with Crippen LogP contribution in [-0.2, 0) is 0 Å². The Balaban J connectivity index is 2.21. The molecule has 2 rings (SSSR count). The van der Waals surface area contributed by atoms with Crippen molar-refractivity contribution in [3.05, 3.63) is 63.5 Å². The van der Waals surface area contributed by atoms with Crippen molar-refractivity contribution in [1.82, 2.24) is 4.98 Å². The number of nitrogens with one attached hydrogen (secondary N) is 1. The number of nitro benzene ring substituents is 1. The summed E-state index contributed by atoms with van der Waals surface area (Å²) in [6.07, 6.45) is 1.47. The van der Waals surface area contributed by atoms with Crippen LogP contribution in [0.2, 0.25) is 0 Å². The summed E-state index contributed by atoms with van der Waals surface area (Å²) < 4.78 is 0. The van der Waals surface area contributed by atoms with Gasteiger partial charge in [0.15, 0.2) is 0 Å². The van der Waals surface area contributed by atoms with Crippen molar-refractivity contribution in [2.45, 2.75) is 13.8 Å². The molecule has 0 aliphatic carbocycles. The Kier molecular flexibility index (Phi) is 3.74. The second-order valence-electron chi connectivity index (χ2n) is 4.40. The van der Waals surface area contributed by atoms with Crippen LogP contribution in [-0.4, -0.2) is 15.8 Å². The molecule has 1 aromatic carbocycles. The lowest BCUT2D eigenvalue weighted by Gasteiger charge is -2.06. The van der Waals surface area contributed by atoms with Gasteiger partial charge in [-0.3, -0.25) is 19.9 Å². The van der Waals surface area contributed by atoms with Crippen LogP contribution in [0.4, 0.5) is 11.4 Å². The number of amides is 1. The molecule has 1 heterocycles. The van der Waals surface area contributed by atoms with Crippen LogP contribution in [0.1, 0.15) is 21.6 Å². The number of rotatable bonds is 3. The number of nitrogens with zero attached hydrogens (tertiary/aromatic N) is 2. The van der Waals surface area contributed by atoms with Crippen molar-refractivity contribution in [3.63, 3.8) is 0 Å². The van der Waals surface area contributed by atoms with E-state index in [2.05, 4.69) is 10.3 Å². The van der Waals surface area contributed by atoms with E-state index in [0.717, 1.165) is 5.69 Å². The van der Waals surface area contributed by atoms with Crippen LogP contribution in [0.25, 0.3) is 0 Å². The number of carbonyl (C=O) groups is 1. The van der Waals surface area contributed by atoms with E-state index in [1.807, 2.05) is 6.92 Å². The zero-order valence-corrected chi connectivity index (χ0v) is 11.1. The van der Waals surface area contributed by atoms with E-state index in [4.69, 9.17) is 0 Å². The minimum absolute atomic E-state index is 0.0233. The number of hydrogen-bond acceptors (Lipinski definition) is 4. The molecule has 0 saturated heterocycles. The van der Waals surface area contributed by atoms with Gasteiger partial charge in [0.2, 0.25) is 0 Å². The maximum absolute atomic E-state index is 12.0. The molecule has 0 atom stereocenters. The molecule has 0 saturated carbocycles. The van der Waals surface area contributed by atoms with E-state index in [0.29, 0.717) is 16.8 Å². The summed E-state index contributed by atoms with van der Waals surface area (Å²) >= 11 is 0. The van der Waals surface area contributed by atoms with Crippen molar-refractivity contribution in [3.8, 4) is 0 Å². The van der Waals surface area contributed by atoms with Gasteiger partial charge >= 0.3 is 0 Å². The molecule has 102 valence electrons. The quantitative estimate of drug-likeness (QED) is 0.687. The largest absolute Gasteiger partial charge is 0.322 e. The average molecular weight is 271 g/mol. The average Bonchev–Trinajstić information content (AvgIpc) is 2.41. The van der Waals surface area contributed by atoms with Crippen LogP contribution < -0.4 is 5.32 Å². The third kappa shape index (κ3) is 2.97. The van der Waals surface area contributed by atoms with Gasteiger partial charge in [0, 0.05) is 29.2 Å². The van der Waals surface area contributed by atoms with Gasteiger partial charge < -0.3 is 5.32 Å². The summed E-state index contributed by atoms with van der Waals surface area (Å²) in [6, 6.07) is 7.95. The Labute approximate surface area is 115 Å². The van der Waals surface area contributed by atoms with E-state index in [-0.39, 0.29) is 11.6 Å². The summed E-state index contributed by atoms with van der Waals surface area (Å²) in [4.78, 5) is 26.4. The fraction of sp³-hybridized carbons (Fsp3) is 0.143. The predicted octanol–water partition coefficient (Wildman–Crippen LogP) is 2.86. The standard InChI is InChI=1S/C14H13N3O3/c1-9-3-6-12(7-13(9)17(19)20)16-14(18)11-5-4-10(2)15-8-11/h3-8H,1-2H3,(H,16,18). The van der Waals surface area contributed by atoms with E-state index in [9.17, 15) is 14.9 Å². The highest BCUT2D eigenvalue weighted by Crippen LogP contribution is 2.22. The molecule has 0 radical (unpaired) electrons. The molecule has 2 aromatic rings. The lowest BCUT2D eigenvalue weighted by Crippen LogP contribution is -2.12. The first-order valence-corrected chi connectivity index (χ1v) is 5.96. The maximum Gasteiger partial charge on any atom is 0.274 e. The van der Waals surface area contributed by atoms with Crippen molar-refractivity contribution in [2.75, 3.05) is 5.32 Å². The number of anilines is 1. The smallest absolute Gasteiger partial charge is 0.274 e. The highest BCUT2D eigenvalue weighted by Gasteiger charge is 2.13. The van der Waals surface area contributed by atoms with Gasteiger partial charge in [0.1, 0.15) is 0 Å². The van der Waals surface area contributed by atoms with Gasteiger partial charge in [0.25, 0.3) is 11.6 Å². The SMILES string of the molecule is Cc1ccc(C(=O)Nc2ccc(C)c([N+](=O)[O-])c2)cn1. The molecule has 0 unspecified atom stereocenters. The maximum atomic E-state index is 12.0. The number of aryl methyl sites for hydroxylation is 2. The number of benzene rings is 1. The third-order valence-electron chi connectivity index (χ3n) is 2.84. The fourth-order valence-corrected chi connectivity index (χ4v) is 1.69. The molecular formula is C14H13N3O3. The summed E-state index contributed by atoms with van der Waals surface area (Å²) in [5.74, 6) is -0.351. The van der Waals surface area contributed by atoms with E-state index < -0.39 is 4.92 Å². The van der Waals surface area contributed by atoms with Crippen LogP contribution >= 0.6 is 0 Å². The molecule has 0 aliphatic rings. The molecular weight excluding hydrogens is 258 g/mol. The lowest BCUT2D eigenvalue weighted by atomic mass is 10.1. The fourth-order valence-electron chi connectivity index (χ4n) is 1.69. The number of aromatic nitrogens is 1. The predicted molar refractivity (Wildman–Crippen MR) is 74.8 cm³/mol. The number of nitro groups is 1. The summed E-state index contributed by atoms with van der Waals surface area (Å²) in [5.41, 5.74) is 2.12. The summed E-state index contributed by atoms with van der Waals surface area (Å²) in [7, 11) is 0. The van der Waals surface area contributed by atoms with Crippen molar-refractivity contribution in [1.29, 1.82) is 0 Å². The Morgan fingerprint density at radius 3 is 2.60 bits per heavy atom. The first kappa shape index (κ1) is 13.7. The van der Waals surface area contributed by atoms with Gasteiger partial charge in [-0.25, -0.2) is 0 Å². The minimum atomic E-state index is -0.474. The molecule has 20 heavy (non-hydrogen) atoms. The molecule has 6 heteroatoms. The zero-order valence-electron chi connectivity index (χ0n) is 11.1. The van der Waals surface area contributed by atoms with Crippen molar-refractivity contribution >= 4 is 17.3 Å². The Morgan fingerprint density at radius 1 is 1.25 bits per heavy atom. The minimum Gasteiger partial charge on any atom is -0.322 e. The molecule has 1 amide bonds. The first-order chi connectivity index (χ1) is 9.47. The van der Waals surface area contributed by atoms with Crippen LogP contribution in [0.3, 0.4) is 0 Å². The van der Waals surface area contributed by atoms with Gasteiger partial charge in [0.05, 0.1) is 10.5 Å². The van der Waals surface area contributed by atoms with Gasteiger partial charge in [-0.15, -0.1) is 0 Å². The van der Waals surface area contributed by atoms with Gasteiger partial charge in [-0.05, 0) is 32.0 Å². The van der Waals surface area contributed by atoms with Crippen molar-refractivity contribution in [2.24, 2.45) is 0 Å². The summed E-state index contributed by atoms with van der Waals surface area (Å²) in [5, 5.41) is 13.5.